The van der Waals surface area contributed by atoms with Crippen molar-refractivity contribution in [1.82, 2.24) is 14.8 Å². The zero-order valence-electron chi connectivity index (χ0n) is 14.4. The number of amides is 1. The Morgan fingerprint density at radius 1 is 1.38 bits per heavy atom. The monoisotopic (exact) mass is 346 g/mol. The fraction of sp³-hybridized carbons (Fsp3) is 0.412. The third-order valence-corrected chi connectivity index (χ3v) is 4.76. The average Bonchev–Trinajstić information content (AvgIpc) is 2.95. The topological polar surface area (TPSA) is 68.1 Å². The summed E-state index contributed by atoms with van der Waals surface area (Å²) in [6.45, 7) is 7.72. The molecule has 7 heteroatoms. The summed E-state index contributed by atoms with van der Waals surface area (Å²) >= 11 is 1.09. The summed E-state index contributed by atoms with van der Waals surface area (Å²) in [7, 11) is 0. The predicted octanol–water partition coefficient (Wildman–Crippen LogP) is 2.99. The van der Waals surface area contributed by atoms with Crippen molar-refractivity contribution in [3.8, 4) is 5.69 Å². The highest BCUT2D eigenvalue weighted by Crippen LogP contribution is 2.25. The average molecular weight is 346 g/mol. The summed E-state index contributed by atoms with van der Waals surface area (Å²) in [5.74, 6) is -0.0611. The van der Waals surface area contributed by atoms with Crippen LogP contribution in [0, 0.1) is 6.92 Å². The van der Waals surface area contributed by atoms with Crippen LogP contribution >= 0.6 is 11.8 Å². The number of rotatable bonds is 6. The third-order valence-electron chi connectivity index (χ3n) is 3.61. The van der Waals surface area contributed by atoms with Crippen LogP contribution in [0.2, 0.25) is 0 Å². The van der Waals surface area contributed by atoms with Crippen LogP contribution < -0.4 is 4.90 Å². The number of aromatic nitrogens is 3. The molecule has 0 saturated carbocycles. The minimum atomic E-state index is -0.372. The first-order valence-electron chi connectivity index (χ1n) is 7.93. The largest absolute Gasteiger partial charge is 0.309 e. The zero-order valence-corrected chi connectivity index (χ0v) is 15.2. The molecular weight excluding hydrogens is 324 g/mol. The standard InChI is InChI=1S/C17H22N4O2S/c1-5-16(24-13(4)22)17(23)20(6-2)15-11-21(19-12(15)3)14-8-7-9-18-10-14/h7-11,16H,5-6H2,1-4H3. The molecule has 1 amide bonds. The van der Waals surface area contributed by atoms with Crippen LogP contribution in [0.3, 0.4) is 0 Å². The number of pyridine rings is 1. The highest BCUT2D eigenvalue weighted by atomic mass is 32.2. The lowest BCUT2D eigenvalue weighted by Crippen LogP contribution is -2.38. The zero-order chi connectivity index (χ0) is 17.7. The second-order valence-corrected chi connectivity index (χ2v) is 6.72. The molecule has 0 spiro atoms. The Labute approximate surface area is 146 Å². The van der Waals surface area contributed by atoms with Crippen molar-refractivity contribution in [2.45, 2.75) is 39.4 Å². The Bertz CT molecular complexity index is 715. The van der Waals surface area contributed by atoms with E-state index in [1.807, 2.05) is 39.1 Å². The number of thioether (sulfide) groups is 1. The maximum Gasteiger partial charge on any atom is 0.240 e. The van der Waals surface area contributed by atoms with Crippen molar-refractivity contribution in [2.75, 3.05) is 11.4 Å². The van der Waals surface area contributed by atoms with Gasteiger partial charge in [-0.2, -0.15) is 5.10 Å². The smallest absolute Gasteiger partial charge is 0.240 e. The highest BCUT2D eigenvalue weighted by Gasteiger charge is 2.27. The number of nitrogens with zero attached hydrogens (tertiary/aromatic N) is 4. The molecule has 0 bridgehead atoms. The minimum absolute atomic E-state index is 0.0472. The summed E-state index contributed by atoms with van der Waals surface area (Å²) in [5.41, 5.74) is 2.35. The van der Waals surface area contributed by atoms with Crippen molar-refractivity contribution in [3.05, 3.63) is 36.4 Å². The molecule has 0 N–H and O–H groups in total. The Kier molecular flexibility index (Phi) is 6.14. The summed E-state index contributed by atoms with van der Waals surface area (Å²) in [6, 6.07) is 3.74. The summed E-state index contributed by atoms with van der Waals surface area (Å²) in [4.78, 5) is 30.0. The van der Waals surface area contributed by atoms with Gasteiger partial charge in [0.2, 0.25) is 5.91 Å². The summed E-state index contributed by atoms with van der Waals surface area (Å²) in [6.07, 6.45) is 5.86. The molecule has 0 fully saturated rings. The maximum atomic E-state index is 12.8. The Morgan fingerprint density at radius 2 is 2.12 bits per heavy atom. The van der Waals surface area contributed by atoms with Gasteiger partial charge in [0, 0.05) is 19.7 Å². The van der Waals surface area contributed by atoms with Gasteiger partial charge >= 0.3 is 0 Å². The second-order valence-electron chi connectivity index (χ2n) is 5.34. The van der Waals surface area contributed by atoms with Crippen LogP contribution in [0.1, 0.15) is 32.9 Å². The van der Waals surface area contributed by atoms with Gasteiger partial charge in [0.15, 0.2) is 5.12 Å². The van der Waals surface area contributed by atoms with E-state index in [1.165, 1.54) is 6.92 Å². The number of anilines is 1. The normalized spacial score (nSPS) is 12.0. The van der Waals surface area contributed by atoms with Crippen LogP contribution in [0.5, 0.6) is 0 Å². The van der Waals surface area contributed by atoms with Crippen LogP contribution in [0.15, 0.2) is 30.7 Å². The van der Waals surface area contributed by atoms with E-state index in [0.29, 0.717) is 13.0 Å². The first-order chi connectivity index (χ1) is 11.5. The van der Waals surface area contributed by atoms with Crippen molar-refractivity contribution in [1.29, 1.82) is 0 Å². The lowest BCUT2D eigenvalue weighted by Gasteiger charge is -2.24. The number of carbonyl (C=O) groups is 2. The van der Waals surface area contributed by atoms with Gasteiger partial charge < -0.3 is 4.90 Å². The molecule has 2 aromatic rings. The van der Waals surface area contributed by atoms with Gasteiger partial charge in [-0.25, -0.2) is 4.68 Å². The third kappa shape index (κ3) is 4.03. The van der Waals surface area contributed by atoms with Crippen LogP contribution in [-0.2, 0) is 9.59 Å². The number of hydrogen-bond donors (Lipinski definition) is 0. The summed E-state index contributed by atoms with van der Waals surface area (Å²) < 4.78 is 1.71. The molecule has 0 aromatic carbocycles. The van der Waals surface area contributed by atoms with E-state index in [9.17, 15) is 9.59 Å². The van der Waals surface area contributed by atoms with Crippen molar-refractivity contribution < 1.29 is 9.59 Å². The lowest BCUT2D eigenvalue weighted by atomic mass is 10.2. The van der Waals surface area contributed by atoms with Crippen LogP contribution in [0.25, 0.3) is 5.69 Å². The molecule has 2 heterocycles. The van der Waals surface area contributed by atoms with Crippen molar-refractivity contribution >= 4 is 28.5 Å². The molecule has 1 unspecified atom stereocenters. The molecule has 0 aliphatic rings. The van der Waals surface area contributed by atoms with E-state index in [4.69, 9.17) is 0 Å². The molecule has 6 nitrogen and oxygen atoms in total. The van der Waals surface area contributed by atoms with Gasteiger partial charge in [0.1, 0.15) is 0 Å². The van der Waals surface area contributed by atoms with E-state index in [1.54, 1.807) is 22.0 Å². The predicted molar refractivity (Wildman–Crippen MR) is 96.5 cm³/mol. The number of hydrogen-bond acceptors (Lipinski definition) is 5. The second kappa shape index (κ2) is 8.10. The first-order valence-corrected chi connectivity index (χ1v) is 8.81. The molecule has 0 saturated heterocycles. The van der Waals surface area contributed by atoms with E-state index < -0.39 is 0 Å². The van der Waals surface area contributed by atoms with Crippen molar-refractivity contribution in [2.24, 2.45) is 0 Å². The van der Waals surface area contributed by atoms with E-state index in [2.05, 4.69) is 10.1 Å². The Balaban J connectivity index is 2.32. The molecule has 128 valence electrons. The van der Waals surface area contributed by atoms with E-state index >= 15 is 0 Å². The molecule has 2 aromatic heterocycles. The van der Waals surface area contributed by atoms with Crippen molar-refractivity contribution in [3.63, 3.8) is 0 Å². The SMILES string of the molecule is CCC(SC(C)=O)C(=O)N(CC)c1cn(-c2cccnc2)nc1C. The Morgan fingerprint density at radius 3 is 2.67 bits per heavy atom. The summed E-state index contributed by atoms with van der Waals surface area (Å²) in [5, 5.41) is 4.07. The molecular formula is C17H22N4O2S. The molecule has 0 radical (unpaired) electrons. The first kappa shape index (κ1) is 18.2. The number of aryl methyl sites for hydroxylation is 1. The quantitative estimate of drug-likeness (QED) is 0.804. The van der Waals surface area contributed by atoms with E-state index in [0.717, 1.165) is 28.8 Å². The van der Waals surface area contributed by atoms with Gasteiger partial charge in [0.25, 0.3) is 0 Å². The molecule has 24 heavy (non-hydrogen) atoms. The highest BCUT2D eigenvalue weighted by molar-refractivity contribution is 8.14. The fourth-order valence-electron chi connectivity index (χ4n) is 2.46. The van der Waals surface area contributed by atoms with Crippen LogP contribution in [-0.4, -0.2) is 37.6 Å². The maximum absolute atomic E-state index is 12.8. The molecule has 2 rings (SSSR count). The van der Waals surface area contributed by atoms with Gasteiger partial charge in [-0.3, -0.25) is 14.6 Å². The van der Waals surface area contributed by atoms with Crippen LogP contribution in [0.4, 0.5) is 5.69 Å². The van der Waals surface area contributed by atoms with Gasteiger partial charge in [-0.15, -0.1) is 0 Å². The van der Waals surface area contributed by atoms with Gasteiger partial charge in [0.05, 0.1) is 34.7 Å². The molecule has 0 aliphatic heterocycles. The Hall–Kier alpha value is -2.15. The minimum Gasteiger partial charge on any atom is -0.309 e. The lowest BCUT2D eigenvalue weighted by molar-refractivity contribution is -0.118. The fourth-order valence-corrected chi connectivity index (χ4v) is 3.26. The number of carbonyl (C=O) groups excluding carboxylic acids is 2. The van der Waals surface area contributed by atoms with E-state index in [-0.39, 0.29) is 16.3 Å². The van der Waals surface area contributed by atoms with Gasteiger partial charge in [-0.05, 0) is 32.4 Å². The van der Waals surface area contributed by atoms with Gasteiger partial charge in [-0.1, -0.05) is 18.7 Å². The molecule has 0 aliphatic carbocycles. The molecule has 1 atom stereocenters.